The lowest BCUT2D eigenvalue weighted by Crippen LogP contribution is -2.32. The minimum atomic E-state index is -1.42. The summed E-state index contributed by atoms with van der Waals surface area (Å²) in [5, 5.41) is 11.2. The van der Waals surface area contributed by atoms with Crippen molar-refractivity contribution >= 4 is 46.3 Å². The Labute approximate surface area is 202 Å². The summed E-state index contributed by atoms with van der Waals surface area (Å²) in [6.07, 6.45) is 0. The fourth-order valence-corrected chi connectivity index (χ4v) is 3.23. The van der Waals surface area contributed by atoms with Gasteiger partial charge < -0.3 is 24.3 Å². The molecule has 1 N–H and O–H groups in total. The molecule has 2 aromatic rings. The number of Topliss-reactive ketones (excluding diaryl/α,β-unsaturated/α-hetero) is 1. The average Bonchev–Trinajstić information content (AvgIpc) is 2.78. The van der Waals surface area contributed by atoms with Crippen molar-refractivity contribution in [2.45, 2.75) is 26.8 Å². The Morgan fingerprint density at radius 1 is 1.00 bits per heavy atom. The zero-order chi connectivity index (χ0) is 24.5. The molecule has 1 amide bonds. The molecule has 33 heavy (non-hydrogen) atoms. The molecule has 0 aromatic heterocycles. The Balaban J connectivity index is 2.36. The van der Waals surface area contributed by atoms with Crippen LogP contribution in [0.3, 0.4) is 0 Å². The number of rotatable bonds is 11. The van der Waals surface area contributed by atoms with Gasteiger partial charge in [-0.25, -0.2) is 0 Å². The second-order valence-corrected chi connectivity index (χ2v) is 7.29. The molecule has 0 spiro atoms. The van der Waals surface area contributed by atoms with Gasteiger partial charge in [0.15, 0.2) is 17.3 Å². The van der Waals surface area contributed by atoms with Gasteiger partial charge in [-0.1, -0.05) is 23.2 Å². The monoisotopic (exact) mass is 497 g/mol. The van der Waals surface area contributed by atoms with E-state index in [1.54, 1.807) is 26.0 Å². The van der Waals surface area contributed by atoms with Crippen LogP contribution in [0.2, 0.25) is 10.0 Å². The highest BCUT2D eigenvalue weighted by atomic mass is 35.5. The average molecular weight is 498 g/mol. The van der Waals surface area contributed by atoms with Gasteiger partial charge in [-0.05, 0) is 32.9 Å². The Morgan fingerprint density at radius 3 is 2.09 bits per heavy atom. The number of ether oxygens (including phenoxy) is 4. The van der Waals surface area contributed by atoms with Gasteiger partial charge in [-0.3, -0.25) is 9.59 Å². The molecule has 0 fully saturated rings. The van der Waals surface area contributed by atoms with Gasteiger partial charge in [0.2, 0.25) is 6.04 Å². The molecule has 1 atom stereocenters. The lowest BCUT2D eigenvalue weighted by Gasteiger charge is -2.17. The number of halogens is 2. The Hall–Kier alpha value is -3.04. The first-order chi connectivity index (χ1) is 15.8. The first-order valence-electron chi connectivity index (χ1n) is 9.99. The first-order valence-corrected chi connectivity index (χ1v) is 10.7. The van der Waals surface area contributed by atoms with E-state index >= 15 is 0 Å². The minimum absolute atomic E-state index is 0.256. The normalized spacial score (nSPS) is 11.7. The van der Waals surface area contributed by atoms with Crippen LogP contribution >= 0.6 is 23.2 Å². The van der Waals surface area contributed by atoms with Crippen LogP contribution < -0.4 is 24.3 Å². The second-order valence-electron chi connectivity index (χ2n) is 6.50. The second kappa shape index (κ2) is 12.3. The summed E-state index contributed by atoms with van der Waals surface area (Å²) in [7, 11) is 2.87. The quantitative estimate of drug-likeness (QED) is 0.324. The summed E-state index contributed by atoms with van der Waals surface area (Å²) in [5.74, 6) is -0.0581. The van der Waals surface area contributed by atoms with E-state index < -0.39 is 17.7 Å². The molecule has 2 rings (SSSR count). The van der Waals surface area contributed by atoms with Crippen LogP contribution in [0.1, 0.15) is 20.8 Å². The topological polar surface area (TPSA) is 108 Å². The van der Waals surface area contributed by atoms with Crippen LogP contribution in [0.25, 0.3) is 0 Å². The van der Waals surface area contributed by atoms with Crippen molar-refractivity contribution in [2.24, 2.45) is 10.2 Å². The Bertz CT molecular complexity index is 1020. The number of carbonyl (C=O) groups is 2. The largest absolute Gasteiger partial charge is 0.495 e. The van der Waals surface area contributed by atoms with Crippen molar-refractivity contribution in [2.75, 3.05) is 32.8 Å². The Morgan fingerprint density at radius 2 is 1.58 bits per heavy atom. The number of amides is 1. The molecular weight excluding hydrogens is 473 g/mol. The lowest BCUT2D eigenvalue weighted by atomic mass is 10.2. The maximum Gasteiger partial charge on any atom is 0.258 e. The molecule has 0 aliphatic heterocycles. The summed E-state index contributed by atoms with van der Waals surface area (Å²) >= 11 is 12.4. The lowest BCUT2D eigenvalue weighted by molar-refractivity contribution is -0.126. The Kier molecular flexibility index (Phi) is 9.74. The van der Waals surface area contributed by atoms with Crippen molar-refractivity contribution in [3.05, 3.63) is 34.3 Å². The number of nitrogens with one attached hydrogen (secondary N) is 1. The summed E-state index contributed by atoms with van der Waals surface area (Å²) in [4.78, 5) is 25.1. The van der Waals surface area contributed by atoms with Gasteiger partial charge in [0.1, 0.15) is 16.5 Å². The molecule has 2 aromatic carbocycles. The van der Waals surface area contributed by atoms with E-state index in [9.17, 15) is 9.59 Å². The van der Waals surface area contributed by atoms with Crippen LogP contribution in [-0.2, 0) is 9.59 Å². The van der Waals surface area contributed by atoms with Crippen LogP contribution in [-0.4, -0.2) is 45.2 Å². The van der Waals surface area contributed by atoms with Gasteiger partial charge in [-0.15, -0.1) is 0 Å². The summed E-state index contributed by atoms with van der Waals surface area (Å²) in [5.41, 5.74) is 0.568. The van der Waals surface area contributed by atoms with Crippen molar-refractivity contribution in [3.63, 3.8) is 0 Å². The fourth-order valence-electron chi connectivity index (χ4n) is 2.76. The van der Waals surface area contributed by atoms with Crippen molar-refractivity contribution in [3.8, 4) is 23.0 Å². The summed E-state index contributed by atoms with van der Waals surface area (Å²) in [6, 6.07) is 4.70. The smallest absolute Gasteiger partial charge is 0.258 e. The van der Waals surface area contributed by atoms with Crippen LogP contribution in [0, 0.1) is 0 Å². The molecule has 1 unspecified atom stereocenters. The number of methoxy groups -OCH3 is 2. The number of nitrogens with zero attached hydrogens (tertiary/aromatic N) is 2. The third kappa shape index (κ3) is 6.49. The highest BCUT2D eigenvalue weighted by Crippen LogP contribution is 2.42. The zero-order valence-electron chi connectivity index (χ0n) is 18.9. The predicted molar refractivity (Wildman–Crippen MR) is 126 cm³/mol. The number of ketones is 1. The van der Waals surface area contributed by atoms with Crippen LogP contribution in [0.4, 0.5) is 11.4 Å². The molecule has 0 aliphatic carbocycles. The number of azo groups is 1. The van der Waals surface area contributed by atoms with Gasteiger partial charge >= 0.3 is 0 Å². The number of carbonyl (C=O) groups excluding carboxylic acids is 2. The van der Waals surface area contributed by atoms with Crippen LogP contribution in [0.15, 0.2) is 34.5 Å². The van der Waals surface area contributed by atoms with Gasteiger partial charge in [0, 0.05) is 12.1 Å². The SMILES string of the molecule is CCOc1c(Cl)ccc(NC(=O)C(N=Nc2cc(OC)c(Cl)c(OC)c2)C(C)=O)c1OCC. The molecule has 9 nitrogen and oxygen atoms in total. The van der Waals surface area contributed by atoms with E-state index in [0.717, 1.165) is 0 Å². The van der Waals surface area contributed by atoms with Gasteiger partial charge in [0.25, 0.3) is 5.91 Å². The number of hydrogen-bond donors (Lipinski definition) is 1. The summed E-state index contributed by atoms with van der Waals surface area (Å²) < 4.78 is 21.6. The van der Waals surface area contributed by atoms with E-state index in [1.807, 2.05) is 0 Å². The summed E-state index contributed by atoms with van der Waals surface area (Å²) in [6.45, 7) is 5.46. The fraction of sp³-hybridized carbons (Fsp3) is 0.364. The molecule has 0 saturated carbocycles. The van der Waals surface area contributed by atoms with Crippen molar-refractivity contribution in [1.82, 2.24) is 0 Å². The molecule has 11 heteroatoms. The molecular formula is C22H25Cl2N3O6. The standard InChI is InChI=1S/C22H25Cl2N3O6/c1-6-32-20-14(23)8-9-15(21(20)33-7-2)25-22(29)19(12(3)28)27-26-13-10-16(30-4)18(24)17(11-13)31-5/h8-11,19H,6-7H2,1-5H3,(H,25,29). The molecule has 0 bridgehead atoms. The highest BCUT2D eigenvalue weighted by molar-refractivity contribution is 6.33. The predicted octanol–water partition coefficient (Wildman–Crippen LogP) is 5.49. The molecule has 0 aliphatic rings. The molecule has 178 valence electrons. The van der Waals surface area contributed by atoms with Crippen molar-refractivity contribution in [1.29, 1.82) is 0 Å². The van der Waals surface area contributed by atoms with E-state index in [0.29, 0.717) is 35.5 Å². The van der Waals surface area contributed by atoms with E-state index in [-0.39, 0.29) is 22.1 Å². The maximum absolute atomic E-state index is 12.9. The third-order valence-corrected chi connectivity index (χ3v) is 4.92. The molecule has 0 radical (unpaired) electrons. The first kappa shape index (κ1) is 26.2. The number of benzene rings is 2. The van der Waals surface area contributed by atoms with E-state index in [2.05, 4.69) is 15.5 Å². The highest BCUT2D eigenvalue weighted by Gasteiger charge is 2.26. The maximum atomic E-state index is 12.9. The number of hydrogen-bond acceptors (Lipinski definition) is 8. The number of anilines is 1. The van der Waals surface area contributed by atoms with E-state index in [1.165, 1.54) is 33.3 Å². The molecule has 0 saturated heterocycles. The van der Waals surface area contributed by atoms with E-state index in [4.69, 9.17) is 42.1 Å². The molecule has 0 heterocycles. The van der Waals surface area contributed by atoms with Crippen molar-refractivity contribution < 1.29 is 28.5 Å². The minimum Gasteiger partial charge on any atom is -0.495 e. The van der Waals surface area contributed by atoms with Crippen LogP contribution in [0.5, 0.6) is 23.0 Å². The van der Waals surface area contributed by atoms with Gasteiger partial charge in [-0.2, -0.15) is 10.2 Å². The van der Waals surface area contributed by atoms with Gasteiger partial charge in [0.05, 0.1) is 43.8 Å². The zero-order valence-corrected chi connectivity index (χ0v) is 20.4. The third-order valence-electron chi connectivity index (χ3n) is 4.25.